The van der Waals surface area contributed by atoms with Gasteiger partial charge >= 0.3 is 0 Å². The van der Waals surface area contributed by atoms with E-state index in [2.05, 4.69) is 14.8 Å². The highest BCUT2D eigenvalue weighted by Crippen LogP contribution is 2.40. The Labute approximate surface area is 183 Å². The molecule has 0 saturated carbocycles. The molecule has 0 atom stereocenters. The number of amides is 1. The standard InChI is InChI=1S/C22H17ClFN5O2/c1-12-9-14(24)5-6-17(12)28-11-29(18-7-8-19(31-4)26-13(18)2)22(30)15-10-16(23)20(25-3)27-21(15)28/h5-10H,11H2,1-2,4H3. The molecule has 0 unspecified atom stereocenters. The summed E-state index contributed by atoms with van der Waals surface area (Å²) >= 11 is 6.19. The van der Waals surface area contributed by atoms with Crippen molar-refractivity contribution in [3.05, 3.63) is 75.5 Å². The number of rotatable bonds is 3. The molecule has 3 heterocycles. The molecule has 0 fully saturated rings. The van der Waals surface area contributed by atoms with E-state index in [9.17, 15) is 9.18 Å². The zero-order valence-electron chi connectivity index (χ0n) is 17.0. The number of nitrogens with zero attached hydrogens (tertiary/aromatic N) is 5. The number of fused-ring (bicyclic) bond motifs is 1. The number of hydrogen-bond donors (Lipinski definition) is 0. The monoisotopic (exact) mass is 437 g/mol. The molecule has 1 aliphatic heterocycles. The Morgan fingerprint density at radius 3 is 2.52 bits per heavy atom. The van der Waals surface area contributed by atoms with Crippen molar-refractivity contribution in [2.24, 2.45) is 0 Å². The van der Waals surface area contributed by atoms with Gasteiger partial charge in [-0.15, -0.1) is 0 Å². The highest BCUT2D eigenvalue weighted by molar-refractivity contribution is 6.33. The van der Waals surface area contributed by atoms with Crippen molar-refractivity contribution < 1.29 is 13.9 Å². The largest absolute Gasteiger partial charge is 0.481 e. The van der Waals surface area contributed by atoms with Crippen LogP contribution in [0.25, 0.3) is 4.85 Å². The van der Waals surface area contributed by atoms with Gasteiger partial charge in [0.25, 0.3) is 11.7 Å². The maximum Gasteiger partial charge on any atom is 0.290 e. The highest BCUT2D eigenvalue weighted by atomic mass is 35.5. The number of methoxy groups -OCH3 is 1. The number of ether oxygens (including phenoxy) is 1. The minimum absolute atomic E-state index is 0.00581. The molecule has 1 aromatic carbocycles. The van der Waals surface area contributed by atoms with Crippen molar-refractivity contribution in [3.63, 3.8) is 0 Å². The number of benzene rings is 1. The van der Waals surface area contributed by atoms with Crippen molar-refractivity contribution in [1.82, 2.24) is 9.97 Å². The number of anilines is 3. The maximum atomic E-state index is 13.7. The third-order valence-electron chi connectivity index (χ3n) is 5.04. The fourth-order valence-electron chi connectivity index (χ4n) is 3.56. The summed E-state index contributed by atoms with van der Waals surface area (Å²) in [5, 5.41) is 0.0873. The molecule has 7 nitrogen and oxygen atoms in total. The molecule has 31 heavy (non-hydrogen) atoms. The van der Waals surface area contributed by atoms with Gasteiger partial charge in [-0.25, -0.2) is 9.37 Å². The lowest BCUT2D eigenvalue weighted by Gasteiger charge is -2.36. The van der Waals surface area contributed by atoms with Gasteiger partial charge in [0.2, 0.25) is 11.7 Å². The molecule has 156 valence electrons. The first-order chi connectivity index (χ1) is 14.8. The van der Waals surface area contributed by atoms with E-state index in [1.165, 1.54) is 25.3 Å². The van der Waals surface area contributed by atoms with Crippen LogP contribution in [0.1, 0.15) is 21.6 Å². The number of halogens is 2. The van der Waals surface area contributed by atoms with E-state index < -0.39 is 0 Å². The zero-order chi connectivity index (χ0) is 22.3. The number of hydrogen-bond acceptors (Lipinski definition) is 5. The lowest BCUT2D eigenvalue weighted by Crippen LogP contribution is -2.46. The average molecular weight is 438 g/mol. The molecule has 3 aromatic rings. The topological polar surface area (TPSA) is 62.9 Å². The van der Waals surface area contributed by atoms with Crippen LogP contribution in [0.4, 0.5) is 27.4 Å². The molecular formula is C22H17ClFN5O2. The highest BCUT2D eigenvalue weighted by Gasteiger charge is 2.37. The van der Waals surface area contributed by atoms with E-state index in [1.54, 1.807) is 41.8 Å². The van der Waals surface area contributed by atoms with Crippen molar-refractivity contribution in [2.45, 2.75) is 13.8 Å². The van der Waals surface area contributed by atoms with Crippen LogP contribution >= 0.6 is 11.6 Å². The summed E-state index contributed by atoms with van der Waals surface area (Å²) in [6, 6.07) is 9.24. The van der Waals surface area contributed by atoms with Gasteiger partial charge in [-0.05, 0) is 49.7 Å². The molecule has 9 heteroatoms. The van der Waals surface area contributed by atoms with Gasteiger partial charge < -0.3 is 9.58 Å². The van der Waals surface area contributed by atoms with Crippen molar-refractivity contribution >= 4 is 40.5 Å². The minimum Gasteiger partial charge on any atom is -0.481 e. The zero-order valence-corrected chi connectivity index (χ0v) is 17.7. The Bertz CT molecular complexity index is 1260. The number of aryl methyl sites for hydroxylation is 2. The summed E-state index contributed by atoms with van der Waals surface area (Å²) in [4.78, 5) is 28.8. The molecule has 0 bridgehead atoms. The minimum atomic E-state index is -0.368. The smallest absolute Gasteiger partial charge is 0.290 e. The Kier molecular flexibility index (Phi) is 5.21. The normalized spacial score (nSPS) is 13.1. The van der Waals surface area contributed by atoms with Crippen LogP contribution in [-0.2, 0) is 0 Å². The van der Waals surface area contributed by atoms with Crippen LogP contribution in [0.3, 0.4) is 0 Å². The van der Waals surface area contributed by atoms with E-state index in [1.807, 2.05) is 0 Å². The van der Waals surface area contributed by atoms with Crippen molar-refractivity contribution in [3.8, 4) is 5.88 Å². The second kappa shape index (κ2) is 7.85. The van der Waals surface area contributed by atoms with Gasteiger partial charge in [-0.3, -0.25) is 14.6 Å². The van der Waals surface area contributed by atoms with Crippen LogP contribution in [0.5, 0.6) is 5.88 Å². The van der Waals surface area contributed by atoms with Crippen molar-refractivity contribution in [2.75, 3.05) is 23.6 Å². The van der Waals surface area contributed by atoms with Crippen LogP contribution in [-0.4, -0.2) is 29.7 Å². The van der Waals surface area contributed by atoms with Gasteiger partial charge in [0.15, 0.2) is 0 Å². The summed E-state index contributed by atoms with van der Waals surface area (Å²) in [7, 11) is 1.52. The van der Waals surface area contributed by atoms with E-state index in [0.29, 0.717) is 34.3 Å². The van der Waals surface area contributed by atoms with Crippen molar-refractivity contribution in [1.29, 1.82) is 0 Å². The number of carbonyl (C=O) groups excluding carboxylic acids is 1. The van der Waals surface area contributed by atoms with Crippen LogP contribution in [0.2, 0.25) is 5.02 Å². The molecule has 1 amide bonds. The molecule has 4 rings (SSSR count). The van der Waals surface area contributed by atoms with Gasteiger partial charge in [-0.1, -0.05) is 23.2 Å². The maximum absolute atomic E-state index is 13.7. The fourth-order valence-corrected chi connectivity index (χ4v) is 3.75. The van der Waals surface area contributed by atoms with Gasteiger partial charge in [-0.2, -0.15) is 0 Å². The van der Waals surface area contributed by atoms with Crippen LogP contribution < -0.4 is 14.5 Å². The predicted molar refractivity (Wildman–Crippen MR) is 116 cm³/mol. The first kappa shape index (κ1) is 20.6. The molecule has 0 aliphatic carbocycles. The Morgan fingerprint density at radius 2 is 1.87 bits per heavy atom. The number of aromatic nitrogens is 2. The summed E-state index contributed by atoms with van der Waals surface area (Å²) in [6.45, 7) is 11.0. The van der Waals surface area contributed by atoms with Crippen LogP contribution in [0, 0.1) is 26.2 Å². The summed E-state index contributed by atoms with van der Waals surface area (Å²) in [6.07, 6.45) is 0. The first-order valence-electron chi connectivity index (χ1n) is 9.29. The third kappa shape index (κ3) is 3.53. The molecule has 0 spiro atoms. The third-order valence-corrected chi connectivity index (χ3v) is 5.32. The summed E-state index contributed by atoms with van der Waals surface area (Å²) < 4.78 is 18.9. The molecular weight excluding hydrogens is 421 g/mol. The van der Waals surface area contributed by atoms with Gasteiger partial charge in [0.05, 0.1) is 23.5 Å². The lowest BCUT2D eigenvalue weighted by molar-refractivity contribution is 0.0982. The Balaban J connectivity index is 1.92. The summed E-state index contributed by atoms with van der Waals surface area (Å²) in [5.41, 5.74) is 2.74. The molecule has 0 saturated heterocycles. The number of carbonyl (C=O) groups is 1. The molecule has 0 radical (unpaired) electrons. The quantitative estimate of drug-likeness (QED) is 0.527. The molecule has 0 N–H and O–H groups in total. The second-order valence-corrected chi connectivity index (χ2v) is 7.38. The summed E-state index contributed by atoms with van der Waals surface area (Å²) in [5.74, 6) is 0.0301. The van der Waals surface area contributed by atoms with E-state index >= 15 is 0 Å². The average Bonchev–Trinajstić information content (AvgIpc) is 2.75. The Morgan fingerprint density at radius 1 is 1.13 bits per heavy atom. The first-order valence-corrected chi connectivity index (χ1v) is 9.67. The van der Waals surface area contributed by atoms with E-state index in [0.717, 1.165) is 0 Å². The van der Waals surface area contributed by atoms with Gasteiger partial charge in [0.1, 0.15) is 18.0 Å². The van der Waals surface area contributed by atoms with Crippen LogP contribution in [0.15, 0.2) is 36.4 Å². The lowest BCUT2D eigenvalue weighted by atomic mass is 10.1. The fraction of sp³-hybridized carbons (Fsp3) is 0.182. The second-order valence-electron chi connectivity index (χ2n) is 6.97. The Hall–Kier alpha value is -3.70. The van der Waals surface area contributed by atoms with E-state index in [4.69, 9.17) is 22.9 Å². The predicted octanol–water partition coefficient (Wildman–Crippen LogP) is 5.20. The molecule has 2 aromatic heterocycles. The molecule has 1 aliphatic rings. The SMILES string of the molecule is [C-]#[N+]c1nc2c(cc1Cl)C(=O)N(c1ccc(OC)nc1C)CN2c1ccc(F)cc1C. The van der Waals surface area contributed by atoms with Gasteiger partial charge in [0, 0.05) is 11.8 Å². The van der Waals surface area contributed by atoms with E-state index in [-0.39, 0.29) is 34.8 Å². The number of pyridine rings is 2.